The van der Waals surface area contributed by atoms with E-state index in [4.69, 9.17) is 0 Å². The predicted molar refractivity (Wildman–Crippen MR) is 66.5 cm³/mol. The Morgan fingerprint density at radius 1 is 1.13 bits per heavy atom. The van der Waals surface area contributed by atoms with Crippen molar-refractivity contribution in [2.45, 2.75) is 6.42 Å². The molecule has 74 valence electrons. The second-order valence-electron chi connectivity index (χ2n) is 3.53. The maximum absolute atomic E-state index is 3.79. The van der Waals surface area contributed by atoms with Gasteiger partial charge in [-0.2, -0.15) is 0 Å². The van der Waals surface area contributed by atoms with E-state index in [1.807, 2.05) is 12.1 Å². The first kappa shape index (κ1) is 9.72. The lowest BCUT2D eigenvalue weighted by atomic mass is 10.0. The van der Waals surface area contributed by atoms with Crippen molar-refractivity contribution in [1.82, 2.24) is 0 Å². The van der Waals surface area contributed by atoms with Crippen LogP contribution in [0.2, 0.25) is 0 Å². The van der Waals surface area contributed by atoms with E-state index in [1.54, 1.807) is 0 Å². The van der Waals surface area contributed by atoms with Crippen molar-refractivity contribution in [2.24, 2.45) is 0 Å². The van der Waals surface area contributed by atoms with Crippen LogP contribution in [0.15, 0.2) is 72.9 Å². The summed E-state index contributed by atoms with van der Waals surface area (Å²) in [6, 6.07) is 10.4. The number of rotatable bonds is 2. The van der Waals surface area contributed by atoms with Crippen LogP contribution in [-0.2, 0) is 0 Å². The summed E-state index contributed by atoms with van der Waals surface area (Å²) in [4.78, 5) is 0. The number of allylic oxidation sites excluding steroid dienone is 7. The van der Waals surface area contributed by atoms with Crippen LogP contribution in [0.1, 0.15) is 12.0 Å². The average molecular weight is 194 g/mol. The summed E-state index contributed by atoms with van der Waals surface area (Å²) in [5, 5.41) is 0. The maximum atomic E-state index is 3.79. The predicted octanol–water partition coefficient (Wildman–Crippen LogP) is 4.14. The molecule has 0 aromatic heterocycles. The Balaban J connectivity index is 2.27. The van der Waals surface area contributed by atoms with Crippen molar-refractivity contribution in [1.29, 1.82) is 0 Å². The fraction of sp³-hybridized carbons (Fsp3) is 0.0667. The molecule has 0 bridgehead atoms. The van der Waals surface area contributed by atoms with E-state index in [0.717, 1.165) is 6.42 Å². The number of hydrogen-bond acceptors (Lipinski definition) is 0. The van der Waals surface area contributed by atoms with Crippen molar-refractivity contribution in [3.05, 3.63) is 78.4 Å². The van der Waals surface area contributed by atoms with Gasteiger partial charge in [-0.05, 0) is 23.1 Å². The molecule has 1 aromatic rings. The van der Waals surface area contributed by atoms with E-state index in [2.05, 4.69) is 55.1 Å². The molecular formula is C15H14. The zero-order chi connectivity index (χ0) is 10.5. The average Bonchev–Trinajstić information content (AvgIpc) is 2.55. The highest BCUT2D eigenvalue weighted by molar-refractivity contribution is 5.75. The van der Waals surface area contributed by atoms with Crippen LogP contribution < -0.4 is 0 Å². The second-order valence-corrected chi connectivity index (χ2v) is 3.53. The normalized spacial score (nSPS) is 15.2. The van der Waals surface area contributed by atoms with Gasteiger partial charge in [-0.25, -0.2) is 0 Å². The van der Waals surface area contributed by atoms with Gasteiger partial charge >= 0.3 is 0 Å². The summed E-state index contributed by atoms with van der Waals surface area (Å²) in [5.74, 6) is 0. The summed E-state index contributed by atoms with van der Waals surface area (Å²) in [6.45, 7) is 3.79. The standard InChI is InChI=1S/C15H14/c1-2-13-7-6-10-15(12-11-13)14-8-4-3-5-9-14/h2-10,12H,1,11H2. The van der Waals surface area contributed by atoms with Crippen molar-refractivity contribution in [2.75, 3.05) is 0 Å². The molecule has 0 atom stereocenters. The van der Waals surface area contributed by atoms with Crippen LogP contribution in [0, 0.1) is 0 Å². The van der Waals surface area contributed by atoms with E-state index in [9.17, 15) is 0 Å². The molecule has 0 unspecified atom stereocenters. The molecule has 0 spiro atoms. The lowest BCUT2D eigenvalue weighted by Crippen LogP contribution is -1.79. The minimum atomic E-state index is 0.959. The van der Waals surface area contributed by atoms with Gasteiger partial charge in [-0.15, -0.1) is 0 Å². The molecule has 0 saturated heterocycles. The summed E-state index contributed by atoms with van der Waals surface area (Å²) >= 11 is 0. The zero-order valence-electron chi connectivity index (χ0n) is 8.69. The molecule has 2 rings (SSSR count). The summed E-state index contributed by atoms with van der Waals surface area (Å²) < 4.78 is 0. The van der Waals surface area contributed by atoms with Gasteiger partial charge in [0.05, 0.1) is 0 Å². The highest BCUT2D eigenvalue weighted by Crippen LogP contribution is 2.20. The molecule has 0 N–H and O–H groups in total. The Hall–Kier alpha value is -1.82. The van der Waals surface area contributed by atoms with E-state index < -0.39 is 0 Å². The lowest BCUT2D eigenvalue weighted by molar-refractivity contribution is 1.30. The third kappa shape index (κ3) is 2.35. The van der Waals surface area contributed by atoms with Crippen LogP contribution in [0.25, 0.3) is 5.57 Å². The van der Waals surface area contributed by atoms with Gasteiger partial charge in [0.15, 0.2) is 0 Å². The molecule has 0 fully saturated rings. The molecule has 1 aromatic carbocycles. The Bertz CT molecular complexity index is 430. The smallest absolute Gasteiger partial charge is 0.00884 e. The molecule has 0 radical (unpaired) electrons. The zero-order valence-corrected chi connectivity index (χ0v) is 8.69. The van der Waals surface area contributed by atoms with Crippen LogP contribution in [0.5, 0.6) is 0 Å². The van der Waals surface area contributed by atoms with Gasteiger partial charge in [0, 0.05) is 0 Å². The largest absolute Gasteiger partial charge is 0.0988 e. The molecule has 1 aliphatic rings. The van der Waals surface area contributed by atoms with Crippen molar-refractivity contribution < 1.29 is 0 Å². The second kappa shape index (κ2) is 4.61. The van der Waals surface area contributed by atoms with Crippen LogP contribution in [-0.4, -0.2) is 0 Å². The highest BCUT2D eigenvalue weighted by atomic mass is 14.0. The quantitative estimate of drug-likeness (QED) is 0.663. The highest BCUT2D eigenvalue weighted by Gasteiger charge is 1.99. The first-order valence-electron chi connectivity index (χ1n) is 5.15. The van der Waals surface area contributed by atoms with Crippen LogP contribution in [0.4, 0.5) is 0 Å². The SMILES string of the molecule is C=CC1=CC=CC(c2ccccc2)=CC1. The van der Waals surface area contributed by atoms with E-state index in [0.29, 0.717) is 0 Å². The van der Waals surface area contributed by atoms with E-state index in [1.165, 1.54) is 16.7 Å². The minimum Gasteiger partial charge on any atom is -0.0988 e. The topological polar surface area (TPSA) is 0 Å². The Morgan fingerprint density at radius 2 is 1.93 bits per heavy atom. The van der Waals surface area contributed by atoms with Gasteiger partial charge in [-0.3, -0.25) is 0 Å². The van der Waals surface area contributed by atoms with E-state index >= 15 is 0 Å². The fourth-order valence-electron chi connectivity index (χ4n) is 1.64. The Kier molecular flexibility index (Phi) is 2.99. The van der Waals surface area contributed by atoms with Gasteiger partial charge in [-0.1, -0.05) is 67.3 Å². The molecule has 0 heterocycles. The summed E-state index contributed by atoms with van der Waals surface area (Å²) in [5.41, 5.74) is 3.81. The number of hydrogen-bond donors (Lipinski definition) is 0. The first-order chi connectivity index (χ1) is 7.40. The minimum absolute atomic E-state index is 0.959. The molecule has 1 aliphatic carbocycles. The number of benzene rings is 1. The van der Waals surface area contributed by atoms with Crippen molar-refractivity contribution in [3.63, 3.8) is 0 Å². The molecule has 0 heteroatoms. The van der Waals surface area contributed by atoms with Crippen LogP contribution >= 0.6 is 0 Å². The lowest BCUT2D eigenvalue weighted by Gasteiger charge is -2.00. The van der Waals surface area contributed by atoms with Gasteiger partial charge in [0.1, 0.15) is 0 Å². The molecular weight excluding hydrogens is 180 g/mol. The van der Waals surface area contributed by atoms with E-state index in [-0.39, 0.29) is 0 Å². The van der Waals surface area contributed by atoms with Gasteiger partial charge in [0.2, 0.25) is 0 Å². The van der Waals surface area contributed by atoms with Gasteiger partial charge < -0.3 is 0 Å². The summed E-state index contributed by atoms with van der Waals surface area (Å²) in [6.07, 6.45) is 11.5. The molecule has 0 amide bonds. The Labute approximate surface area is 91.0 Å². The monoisotopic (exact) mass is 194 g/mol. The first-order valence-corrected chi connectivity index (χ1v) is 5.15. The van der Waals surface area contributed by atoms with Gasteiger partial charge in [0.25, 0.3) is 0 Å². The van der Waals surface area contributed by atoms with Crippen molar-refractivity contribution >= 4 is 5.57 Å². The summed E-state index contributed by atoms with van der Waals surface area (Å²) in [7, 11) is 0. The fourth-order valence-corrected chi connectivity index (χ4v) is 1.64. The molecule has 0 aliphatic heterocycles. The third-order valence-electron chi connectivity index (χ3n) is 2.51. The molecule has 0 saturated carbocycles. The Morgan fingerprint density at radius 3 is 2.67 bits per heavy atom. The maximum Gasteiger partial charge on any atom is -0.00884 e. The van der Waals surface area contributed by atoms with Crippen LogP contribution in [0.3, 0.4) is 0 Å². The third-order valence-corrected chi connectivity index (χ3v) is 2.51. The molecule has 15 heavy (non-hydrogen) atoms. The van der Waals surface area contributed by atoms with Crippen molar-refractivity contribution in [3.8, 4) is 0 Å². The molecule has 0 nitrogen and oxygen atoms in total.